The van der Waals surface area contributed by atoms with Gasteiger partial charge in [-0.2, -0.15) is 0 Å². The minimum atomic E-state index is -1.00. The fourth-order valence-corrected chi connectivity index (χ4v) is 0.501. The Kier molecular flexibility index (Phi) is 4.26. The summed E-state index contributed by atoms with van der Waals surface area (Å²) in [7, 11) is 0. The Hall–Kier alpha value is -0.410. The summed E-state index contributed by atoms with van der Waals surface area (Å²) in [4.78, 5) is 9.80. The highest BCUT2D eigenvalue weighted by atomic mass is 16.3. The van der Waals surface area contributed by atoms with Crippen molar-refractivity contribution in [3.8, 4) is 0 Å². The first-order valence-corrected chi connectivity index (χ1v) is 3.02. The number of rotatable bonds is 4. The average Bonchev–Trinajstić information content (AvgIpc) is 1.87. The molecule has 0 aromatic carbocycles. The molecule has 0 saturated carbocycles. The Morgan fingerprint density at radius 2 is 2.11 bits per heavy atom. The monoisotopic (exact) mass is 132 g/mol. The minimum Gasteiger partial charge on any atom is -0.393 e. The van der Waals surface area contributed by atoms with Crippen molar-refractivity contribution in [3.63, 3.8) is 0 Å². The van der Waals surface area contributed by atoms with Gasteiger partial charge in [0, 0.05) is 6.42 Å². The van der Waals surface area contributed by atoms with Gasteiger partial charge in [0.1, 0.15) is 12.4 Å². The number of aliphatic hydroxyl groups excluding tert-OH is 2. The molecule has 0 saturated heterocycles. The van der Waals surface area contributed by atoms with E-state index >= 15 is 0 Å². The molecule has 2 N–H and O–H groups in total. The van der Waals surface area contributed by atoms with Gasteiger partial charge in [0.15, 0.2) is 0 Å². The van der Waals surface area contributed by atoms with E-state index in [-0.39, 0.29) is 6.42 Å². The lowest BCUT2D eigenvalue weighted by molar-refractivity contribution is -0.116. The van der Waals surface area contributed by atoms with Crippen molar-refractivity contribution < 1.29 is 15.0 Å². The van der Waals surface area contributed by atoms with Gasteiger partial charge in [-0.25, -0.2) is 0 Å². The maximum Gasteiger partial charge on any atom is 0.148 e. The van der Waals surface area contributed by atoms with Gasteiger partial charge < -0.3 is 15.0 Å². The van der Waals surface area contributed by atoms with E-state index in [1.807, 2.05) is 0 Å². The van der Waals surface area contributed by atoms with E-state index in [0.29, 0.717) is 12.7 Å². The van der Waals surface area contributed by atoms with Crippen molar-refractivity contribution in [1.82, 2.24) is 0 Å². The van der Waals surface area contributed by atoms with Crippen molar-refractivity contribution in [2.24, 2.45) is 0 Å². The maximum absolute atomic E-state index is 9.80. The van der Waals surface area contributed by atoms with E-state index in [2.05, 4.69) is 0 Å². The minimum absolute atomic E-state index is 0.153. The van der Waals surface area contributed by atoms with Crippen molar-refractivity contribution in [3.05, 3.63) is 0 Å². The van der Waals surface area contributed by atoms with Crippen LogP contribution in [-0.4, -0.2) is 28.7 Å². The zero-order valence-corrected chi connectivity index (χ0v) is 5.45. The Bertz CT molecular complexity index is 82.4. The van der Waals surface area contributed by atoms with Crippen molar-refractivity contribution >= 4 is 6.29 Å². The van der Waals surface area contributed by atoms with Crippen LogP contribution in [0, 0.1) is 0 Å². The van der Waals surface area contributed by atoms with E-state index in [9.17, 15) is 4.79 Å². The third kappa shape index (κ3) is 4.12. The molecule has 0 aliphatic heterocycles. The van der Waals surface area contributed by atoms with Crippen LogP contribution in [0.25, 0.3) is 0 Å². The summed E-state index contributed by atoms with van der Waals surface area (Å²) < 4.78 is 0. The van der Waals surface area contributed by atoms with Gasteiger partial charge in [0.25, 0.3) is 0 Å². The van der Waals surface area contributed by atoms with Crippen LogP contribution in [0.4, 0.5) is 0 Å². The Morgan fingerprint density at radius 3 is 2.44 bits per heavy atom. The van der Waals surface area contributed by atoms with Crippen LogP contribution in [0.5, 0.6) is 0 Å². The van der Waals surface area contributed by atoms with E-state index in [4.69, 9.17) is 10.2 Å². The van der Waals surface area contributed by atoms with Gasteiger partial charge in [-0.15, -0.1) is 0 Å². The standard InChI is InChI=1S/C6H12O3/c1-2-5(8)3-6(9)4-7/h4-6,8-9H,2-3H2,1H3/t5-,6-/m0/s1. The molecule has 0 aliphatic rings. The Balaban J connectivity index is 3.33. The zero-order valence-electron chi connectivity index (χ0n) is 5.45. The summed E-state index contributed by atoms with van der Waals surface area (Å²) in [6.07, 6.45) is -0.394. The topological polar surface area (TPSA) is 57.5 Å². The summed E-state index contributed by atoms with van der Waals surface area (Å²) in [6, 6.07) is 0. The Morgan fingerprint density at radius 1 is 1.56 bits per heavy atom. The predicted octanol–water partition coefficient (Wildman–Crippen LogP) is -0.293. The molecule has 3 heteroatoms. The molecule has 0 bridgehead atoms. The molecule has 0 fully saturated rings. The summed E-state index contributed by atoms with van der Waals surface area (Å²) in [6.45, 7) is 1.79. The number of aldehydes is 1. The normalized spacial score (nSPS) is 16.8. The van der Waals surface area contributed by atoms with Gasteiger partial charge in [0.2, 0.25) is 0 Å². The molecule has 3 nitrogen and oxygen atoms in total. The highest BCUT2D eigenvalue weighted by Gasteiger charge is 2.07. The number of aliphatic hydroxyl groups is 2. The van der Waals surface area contributed by atoms with Crippen LogP contribution in [0.2, 0.25) is 0 Å². The molecule has 9 heavy (non-hydrogen) atoms. The molecule has 0 aliphatic carbocycles. The van der Waals surface area contributed by atoms with Crippen LogP contribution in [0.15, 0.2) is 0 Å². The average molecular weight is 132 g/mol. The van der Waals surface area contributed by atoms with Gasteiger partial charge in [0.05, 0.1) is 6.10 Å². The highest BCUT2D eigenvalue weighted by Crippen LogP contribution is 1.98. The lowest BCUT2D eigenvalue weighted by Gasteiger charge is -2.07. The molecular weight excluding hydrogens is 120 g/mol. The highest BCUT2D eigenvalue weighted by molar-refractivity contribution is 5.55. The van der Waals surface area contributed by atoms with Crippen LogP contribution in [0.3, 0.4) is 0 Å². The summed E-state index contributed by atoms with van der Waals surface area (Å²) in [5.74, 6) is 0. The molecular formula is C6H12O3. The first kappa shape index (κ1) is 8.59. The quantitative estimate of drug-likeness (QED) is 0.517. The molecule has 0 amide bonds. The van der Waals surface area contributed by atoms with E-state index in [1.54, 1.807) is 6.92 Å². The van der Waals surface area contributed by atoms with Gasteiger partial charge >= 0.3 is 0 Å². The van der Waals surface area contributed by atoms with Crippen LogP contribution < -0.4 is 0 Å². The van der Waals surface area contributed by atoms with Crippen LogP contribution >= 0.6 is 0 Å². The summed E-state index contributed by atoms with van der Waals surface area (Å²) >= 11 is 0. The maximum atomic E-state index is 9.80. The third-order valence-corrected chi connectivity index (χ3v) is 1.14. The van der Waals surface area contributed by atoms with Crippen molar-refractivity contribution in [2.45, 2.75) is 32.0 Å². The first-order chi connectivity index (χ1) is 4.20. The second kappa shape index (κ2) is 4.47. The molecule has 54 valence electrons. The largest absolute Gasteiger partial charge is 0.393 e. The number of hydrogen-bond donors (Lipinski definition) is 2. The smallest absolute Gasteiger partial charge is 0.148 e. The second-order valence-electron chi connectivity index (χ2n) is 2.00. The van der Waals surface area contributed by atoms with Crippen molar-refractivity contribution in [2.75, 3.05) is 0 Å². The van der Waals surface area contributed by atoms with Crippen molar-refractivity contribution in [1.29, 1.82) is 0 Å². The SMILES string of the molecule is CC[C@H](O)C[C@H](O)C=O. The van der Waals surface area contributed by atoms with Crippen LogP contribution in [0.1, 0.15) is 19.8 Å². The predicted molar refractivity (Wildman–Crippen MR) is 33.0 cm³/mol. The fourth-order valence-electron chi connectivity index (χ4n) is 0.501. The first-order valence-electron chi connectivity index (χ1n) is 3.02. The Labute approximate surface area is 54.3 Å². The molecule has 0 aromatic heterocycles. The summed E-state index contributed by atoms with van der Waals surface area (Å²) in [5.41, 5.74) is 0. The molecule has 2 atom stereocenters. The number of carbonyl (C=O) groups excluding carboxylic acids is 1. The second-order valence-corrected chi connectivity index (χ2v) is 2.00. The van der Waals surface area contributed by atoms with E-state index in [0.717, 1.165) is 0 Å². The molecule has 0 spiro atoms. The molecule has 0 rings (SSSR count). The fraction of sp³-hybridized carbons (Fsp3) is 0.833. The molecule has 0 heterocycles. The van der Waals surface area contributed by atoms with E-state index in [1.165, 1.54) is 0 Å². The lowest BCUT2D eigenvalue weighted by atomic mass is 10.1. The van der Waals surface area contributed by atoms with Crippen LogP contribution in [-0.2, 0) is 4.79 Å². The lowest BCUT2D eigenvalue weighted by Crippen LogP contribution is -2.17. The van der Waals surface area contributed by atoms with Gasteiger partial charge in [-0.05, 0) is 6.42 Å². The van der Waals surface area contributed by atoms with Gasteiger partial charge in [-0.3, -0.25) is 0 Å². The van der Waals surface area contributed by atoms with E-state index < -0.39 is 12.2 Å². The van der Waals surface area contributed by atoms with Gasteiger partial charge in [-0.1, -0.05) is 6.92 Å². The molecule has 0 aromatic rings. The number of hydrogen-bond acceptors (Lipinski definition) is 3. The molecule has 0 unspecified atom stereocenters. The number of carbonyl (C=O) groups is 1. The molecule has 0 radical (unpaired) electrons. The third-order valence-electron chi connectivity index (χ3n) is 1.14. The zero-order chi connectivity index (χ0) is 7.28. The summed E-state index contributed by atoms with van der Waals surface area (Å²) in [5, 5.41) is 17.5.